The Morgan fingerprint density at radius 1 is 0.833 bits per heavy atom. The first-order chi connectivity index (χ1) is 25.5. The number of amides is 5. The zero-order chi connectivity index (χ0) is 40.8. The molecule has 1 saturated heterocycles. The van der Waals surface area contributed by atoms with Crippen molar-refractivity contribution >= 4 is 41.3 Å². The number of nitrogens with one attached hydrogen (secondary N) is 2. The Morgan fingerprint density at radius 3 is 1.93 bits per heavy atom. The molecule has 0 aromatic heterocycles. The van der Waals surface area contributed by atoms with E-state index in [9.17, 15) is 49.2 Å². The summed E-state index contributed by atoms with van der Waals surface area (Å²) in [6.07, 6.45) is 4.43. The van der Waals surface area contributed by atoms with Crippen molar-refractivity contribution < 1.29 is 64.1 Å². The highest BCUT2D eigenvalue weighted by molar-refractivity contribution is 5.96. The van der Waals surface area contributed by atoms with E-state index in [1.807, 2.05) is 0 Å². The van der Waals surface area contributed by atoms with Crippen molar-refractivity contribution in [2.24, 2.45) is 11.8 Å². The van der Waals surface area contributed by atoms with Crippen LogP contribution in [0.4, 0.5) is 0 Å². The highest BCUT2D eigenvalue weighted by atomic mass is 16.5. The molecule has 0 radical (unpaired) electrons. The van der Waals surface area contributed by atoms with Gasteiger partial charge in [0.05, 0.1) is 12.6 Å². The SMILES string of the molecule is CC(=O)N[C@@H](CCCN(O)C(=O)/C=C(\C)CCO)C(=O)OCCC(C)CC(=O)N(O)CCC[C@@H]1CC(=O)[C@@H](CCCN(O)C(=O)/C=C(\C)CCO)NC1=O. The van der Waals surface area contributed by atoms with E-state index in [4.69, 9.17) is 14.9 Å². The molecule has 1 fully saturated rings. The third kappa shape index (κ3) is 19.2. The molecule has 1 unspecified atom stereocenters. The minimum absolute atomic E-state index is 0.0116. The predicted octanol–water partition coefficient (Wildman–Crippen LogP) is 1.18. The van der Waals surface area contributed by atoms with E-state index >= 15 is 0 Å². The molecular weight excluding hydrogens is 710 g/mol. The molecule has 0 aromatic carbocycles. The summed E-state index contributed by atoms with van der Waals surface area (Å²) >= 11 is 0. The van der Waals surface area contributed by atoms with Crippen LogP contribution in [0, 0.1) is 11.8 Å². The number of ketones is 1. The molecule has 0 aromatic rings. The van der Waals surface area contributed by atoms with Crippen LogP contribution in [0.3, 0.4) is 0 Å². The Labute approximate surface area is 316 Å². The normalized spacial score (nSPS) is 17.3. The van der Waals surface area contributed by atoms with Crippen LogP contribution in [0.2, 0.25) is 0 Å². The van der Waals surface area contributed by atoms with Gasteiger partial charge in [-0.05, 0) is 77.6 Å². The first-order valence-electron chi connectivity index (χ1n) is 18.3. The van der Waals surface area contributed by atoms with Crippen molar-refractivity contribution in [1.29, 1.82) is 0 Å². The lowest BCUT2D eigenvalue weighted by atomic mass is 9.87. The molecule has 0 aliphatic carbocycles. The number of piperidine rings is 1. The first kappa shape index (κ1) is 47.8. The summed E-state index contributed by atoms with van der Waals surface area (Å²) in [5, 5.41) is 54.8. The number of carbonyl (C=O) groups is 7. The van der Waals surface area contributed by atoms with Gasteiger partial charge >= 0.3 is 5.97 Å². The molecule has 18 heteroatoms. The number of hydrogen-bond acceptors (Lipinski definition) is 13. The Morgan fingerprint density at radius 2 is 1.37 bits per heavy atom. The Kier molecular flexibility index (Phi) is 22.8. The van der Waals surface area contributed by atoms with Crippen LogP contribution in [-0.2, 0) is 38.3 Å². The van der Waals surface area contributed by atoms with Crippen molar-refractivity contribution in [3.63, 3.8) is 0 Å². The molecule has 4 atom stereocenters. The van der Waals surface area contributed by atoms with Gasteiger partial charge in [0.2, 0.25) is 17.7 Å². The summed E-state index contributed by atoms with van der Waals surface area (Å²) in [5.41, 5.74) is 1.19. The van der Waals surface area contributed by atoms with Gasteiger partial charge in [0.25, 0.3) is 11.8 Å². The Hall–Kier alpha value is -4.23. The standard InChI is InChI=1S/C36H59N5O13/c1-24(11-17-42)20-32(46)40(52)15-6-9-29-31(45)23-28(35(49)38-29)8-5-14-39(51)34(48)22-26(3)13-19-54-36(50)30(37-27(4)44)10-7-16-41(53)33(47)21-25(2)12-18-43/h20-21,26,28-30,42-43,51-53H,5-19,22-23H2,1-4H3,(H,37,44)(H,38,49)/b24-20+,25-21+/t26?,28-,29-,30+/m1/s1. The molecule has 0 bridgehead atoms. The van der Waals surface area contributed by atoms with Crippen LogP contribution in [0.1, 0.15) is 98.3 Å². The minimum atomic E-state index is -1.03. The van der Waals surface area contributed by atoms with Gasteiger partial charge in [0.15, 0.2) is 5.78 Å². The van der Waals surface area contributed by atoms with Crippen LogP contribution in [0.5, 0.6) is 0 Å². The smallest absolute Gasteiger partial charge is 0.328 e. The van der Waals surface area contributed by atoms with Gasteiger partial charge in [-0.3, -0.25) is 44.4 Å². The zero-order valence-corrected chi connectivity index (χ0v) is 31.8. The first-order valence-corrected chi connectivity index (χ1v) is 18.3. The van der Waals surface area contributed by atoms with E-state index < -0.39 is 47.6 Å². The largest absolute Gasteiger partial charge is 0.464 e. The van der Waals surface area contributed by atoms with Gasteiger partial charge in [-0.1, -0.05) is 18.1 Å². The minimum Gasteiger partial charge on any atom is -0.464 e. The van der Waals surface area contributed by atoms with E-state index in [1.165, 1.54) is 19.1 Å². The third-order valence-electron chi connectivity index (χ3n) is 8.76. The third-order valence-corrected chi connectivity index (χ3v) is 8.76. The quantitative estimate of drug-likeness (QED) is 0.0298. The number of nitrogens with zero attached hydrogens (tertiary/aromatic N) is 3. The molecular formula is C36H59N5O13. The fourth-order valence-corrected chi connectivity index (χ4v) is 5.57. The second-order valence-corrected chi connectivity index (χ2v) is 13.7. The Balaban J connectivity index is 2.41. The fraction of sp³-hybridized carbons (Fsp3) is 0.694. The maximum atomic E-state index is 12.7. The molecule has 5 amide bonds. The monoisotopic (exact) mass is 769 g/mol. The highest BCUT2D eigenvalue weighted by Crippen LogP contribution is 2.21. The van der Waals surface area contributed by atoms with Gasteiger partial charge in [-0.2, -0.15) is 0 Å². The number of rotatable bonds is 25. The van der Waals surface area contributed by atoms with Crippen molar-refractivity contribution in [3.8, 4) is 0 Å². The van der Waals surface area contributed by atoms with Gasteiger partial charge in [0, 0.05) is 70.7 Å². The van der Waals surface area contributed by atoms with Crippen molar-refractivity contribution in [2.45, 2.75) is 110 Å². The van der Waals surface area contributed by atoms with E-state index in [1.54, 1.807) is 20.8 Å². The lowest BCUT2D eigenvalue weighted by molar-refractivity contribution is -0.167. The van der Waals surface area contributed by atoms with E-state index in [2.05, 4.69) is 10.6 Å². The number of carbonyl (C=O) groups excluding carboxylic acids is 7. The van der Waals surface area contributed by atoms with Gasteiger partial charge in [-0.15, -0.1) is 0 Å². The number of aliphatic hydroxyl groups excluding tert-OH is 2. The second kappa shape index (κ2) is 25.7. The number of Topliss-reactive ketones (excluding diaryl/α,β-unsaturated/α-hetero) is 1. The lowest BCUT2D eigenvalue weighted by Crippen LogP contribution is -2.50. The van der Waals surface area contributed by atoms with E-state index in [0.717, 1.165) is 0 Å². The lowest BCUT2D eigenvalue weighted by Gasteiger charge is -2.28. The number of hydrogen-bond donors (Lipinski definition) is 7. The molecule has 7 N–H and O–H groups in total. The average Bonchev–Trinajstić information content (AvgIpc) is 3.09. The number of ether oxygens (including phenoxy) is 1. The number of aliphatic hydroxyl groups is 2. The maximum absolute atomic E-state index is 12.7. The second-order valence-electron chi connectivity index (χ2n) is 13.7. The predicted molar refractivity (Wildman–Crippen MR) is 191 cm³/mol. The molecule has 1 rings (SSSR count). The maximum Gasteiger partial charge on any atom is 0.328 e. The van der Waals surface area contributed by atoms with E-state index in [-0.39, 0.29) is 121 Å². The van der Waals surface area contributed by atoms with Crippen LogP contribution >= 0.6 is 0 Å². The van der Waals surface area contributed by atoms with Gasteiger partial charge in [0.1, 0.15) is 6.04 Å². The van der Waals surface area contributed by atoms with Crippen LogP contribution in [-0.4, -0.2) is 134 Å². The molecule has 1 aliphatic heterocycles. The average molecular weight is 770 g/mol. The molecule has 0 spiro atoms. The van der Waals surface area contributed by atoms with Crippen molar-refractivity contribution in [1.82, 2.24) is 25.8 Å². The van der Waals surface area contributed by atoms with E-state index in [0.29, 0.717) is 32.8 Å². The van der Waals surface area contributed by atoms with Gasteiger partial charge in [-0.25, -0.2) is 20.0 Å². The Bertz CT molecular complexity index is 1340. The molecule has 0 saturated carbocycles. The molecule has 306 valence electrons. The summed E-state index contributed by atoms with van der Waals surface area (Å²) in [7, 11) is 0. The van der Waals surface area contributed by atoms with Crippen LogP contribution in [0.15, 0.2) is 23.3 Å². The summed E-state index contributed by atoms with van der Waals surface area (Å²) in [6.45, 7) is 5.70. The topological polar surface area (TPSA) is 264 Å². The van der Waals surface area contributed by atoms with Crippen LogP contribution < -0.4 is 10.6 Å². The van der Waals surface area contributed by atoms with Crippen LogP contribution in [0.25, 0.3) is 0 Å². The number of esters is 1. The fourth-order valence-electron chi connectivity index (χ4n) is 5.57. The summed E-state index contributed by atoms with van der Waals surface area (Å²) in [6, 6.07) is -1.78. The van der Waals surface area contributed by atoms with Crippen molar-refractivity contribution in [3.05, 3.63) is 23.3 Å². The van der Waals surface area contributed by atoms with Gasteiger partial charge < -0.3 is 25.6 Å². The molecule has 1 aliphatic rings. The highest BCUT2D eigenvalue weighted by Gasteiger charge is 2.34. The zero-order valence-electron chi connectivity index (χ0n) is 31.8. The summed E-state index contributed by atoms with van der Waals surface area (Å²) in [4.78, 5) is 86.2. The molecule has 1 heterocycles. The van der Waals surface area contributed by atoms with Crippen molar-refractivity contribution in [2.75, 3.05) is 39.5 Å². The summed E-state index contributed by atoms with van der Waals surface area (Å²) in [5.74, 6) is -4.53. The molecule has 54 heavy (non-hydrogen) atoms. The number of hydroxylamine groups is 6. The summed E-state index contributed by atoms with van der Waals surface area (Å²) < 4.78 is 5.30. The molecule has 18 nitrogen and oxygen atoms in total.